The first-order valence-electron chi connectivity index (χ1n) is 7.95. The van der Waals surface area contributed by atoms with Crippen molar-refractivity contribution in [1.82, 2.24) is 24.8 Å². The van der Waals surface area contributed by atoms with Crippen molar-refractivity contribution in [2.45, 2.75) is 25.4 Å². The van der Waals surface area contributed by atoms with Crippen LogP contribution < -0.4 is 10.2 Å². The summed E-state index contributed by atoms with van der Waals surface area (Å²) in [5.74, 6) is 1.61. The van der Waals surface area contributed by atoms with Crippen molar-refractivity contribution in [2.24, 2.45) is 0 Å². The predicted molar refractivity (Wildman–Crippen MR) is 90.3 cm³/mol. The summed E-state index contributed by atoms with van der Waals surface area (Å²) in [5, 5.41) is 3.54. The molecule has 7 heteroatoms. The van der Waals surface area contributed by atoms with E-state index in [0.29, 0.717) is 6.04 Å². The average Bonchev–Trinajstić information content (AvgIpc) is 2.56. The van der Waals surface area contributed by atoms with Crippen molar-refractivity contribution >= 4 is 11.8 Å². The normalized spacial score (nSPS) is 18.6. The maximum absolute atomic E-state index is 4.54. The van der Waals surface area contributed by atoms with Crippen molar-refractivity contribution in [3.8, 4) is 0 Å². The highest BCUT2D eigenvalue weighted by Gasteiger charge is 2.20. The van der Waals surface area contributed by atoms with Crippen LogP contribution in [-0.4, -0.2) is 58.1 Å². The van der Waals surface area contributed by atoms with Gasteiger partial charge >= 0.3 is 0 Å². The zero-order chi connectivity index (χ0) is 16.1. The molecule has 1 atom stereocenters. The molecule has 1 N–H and O–H groups in total. The fourth-order valence-corrected chi connectivity index (χ4v) is 2.81. The van der Waals surface area contributed by atoms with Gasteiger partial charge in [0.1, 0.15) is 5.82 Å². The Labute approximate surface area is 136 Å². The second-order valence-electron chi connectivity index (χ2n) is 6.05. The highest BCUT2D eigenvalue weighted by atomic mass is 15.2. The van der Waals surface area contributed by atoms with Gasteiger partial charge in [0.25, 0.3) is 0 Å². The van der Waals surface area contributed by atoms with Crippen molar-refractivity contribution in [3.05, 3.63) is 36.5 Å². The van der Waals surface area contributed by atoms with Crippen LogP contribution in [0.5, 0.6) is 0 Å². The summed E-state index contributed by atoms with van der Waals surface area (Å²) in [6.07, 6.45) is 9.41. The Bertz CT molecular complexity index is 617. The number of piperidine rings is 1. The third kappa shape index (κ3) is 4.35. The van der Waals surface area contributed by atoms with Gasteiger partial charge in [-0.05, 0) is 25.5 Å². The number of anilines is 2. The van der Waals surface area contributed by atoms with Crippen LogP contribution in [0.2, 0.25) is 0 Å². The molecule has 1 saturated heterocycles. The quantitative estimate of drug-likeness (QED) is 0.895. The molecule has 3 heterocycles. The molecule has 1 unspecified atom stereocenters. The summed E-state index contributed by atoms with van der Waals surface area (Å²) >= 11 is 0. The largest absolute Gasteiger partial charge is 0.366 e. The van der Waals surface area contributed by atoms with E-state index in [1.165, 1.54) is 6.42 Å². The molecule has 2 aromatic heterocycles. The van der Waals surface area contributed by atoms with Crippen LogP contribution in [-0.2, 0) is 6.54 Å². The Kier molecular flexibility index (Phi) is 4.97. The Morgan fingerprint density at radius 2 is 2.17 bits per heavy atom. The molecule has 0 aliphatic carbocycles. The maximum atomic E-state index is 4.54. The van der Waals surface area contributed by atoms with E-state index in [9.17, 15) is 0 Å². The van der Waals surface area contributed by atoms with Crippen LogP contribution in [0, 0.1) is 0 Å². The van der Waals surface area contributed by atoms with Gasteiger partial charge in [-0.25, -0.2) is 4.98 Å². The van der Waals surface area contributed by atoms with Crippen LogP contribution in [0.25, 0.3) is 0 Å². The Morgan fingerprint density at radius 3 is 2.96 bits per heavy atom. The molecule has 122 valence electrons. The number of likely N-dealkylation sites (tertiary alicyclic amines) is 1. The van der Waals surface area contributed by atoms with Gasteiger partial charge in [0.05, 0.1) is 5.69 Å². The van der Waals surface area contributed by atoms with E-state index in [1.54, 1.807) is 18.6 Å². The zero-order valence-corrected chi connectivity index (χ0v) is 13.7. The molecule has 0 saturated carbocycles. The SMILES string of the molecule is CN(C)c1nccc(NC2CCCN(Cc3cnccn3)C2)n1. The third-order valence-corrected chi connectivity index (χ3v) is 3.90. The molecular formula is C16H23N7. The minimum atomic E-state index is 0.394. The third-order valence-electron chi connectivity index (χ3n) is 3.90. The van der Waals surface area contributed by atoms with E-state index >= 15 is 0 Å². The standard InChI is InChI=1S/C16H23N7/c1-22(2)16-19-6-5-15(21-16)20-13-4-3-9-23(11-13)12-14-10-17-7-8-18-14/h5-8,10,13H,3-4,9,11-12H2,1-2H3,(H,19,20,21). The fraction of sp³-hybridized carbons (Fsp3) is 0.500. The number of hydrogen-bond donors (Lipinski definition) is 1. The summed E-state index contributed by atoms with van der Waals surface area (Å²) in [7, 11) is 3.89. The van der Waals surface area contributed by atoms with E-state index in [4.69, 9.17) is 0 Å². The topological polar surface area (TPSA) is 70.1 Å². The second kappa shape index (κ2) is 7.32. The maximum Gasteiger partial charge on any atom is 0.226 e. The van der Waals surface area contributed by atoms with Gasteiger partial charge in [0, 0.05) is 58.0 Å². The molecule has 0 aromatic carbocycles. The Hall–Kier alpha value is -2.28. The highest BCUT2D eigenvalue weighted by Crippen LogP contribution is 2.17. The minimum Gasteiger partial charge on any atom is -0.366 e. The summed E-state index contributed by atoms with van der Waals surface area (Å²) in [6.45, 7) is 2.93. The van der Waals surface area contributed by atoms with Crippen molar-refractivity contribution in [3.63, 3.8) is 0 Å². The summed E-state index contributed by atoms with van der Waals surface area (Å²) in [5.41, 5.74) is 1.02. The molecule has 23 heavy (non-hydrogen) atoms. The van der Waals surface area contributed by atoms with Crippen molar-refractivity contribution < 1.29 is 0 Å². The first-order chi connectivity index (χ1) is 11.2. The molecule has 7 nitrogen and oxygen atoms in total. The first kappa shape index (κ1) is 15.6. The molecule has 0 bridgehead atoms. The molecule has 3 rings (SSSR count). The van der Waals surface area contributed by atoms with Gasteiger partial charge in [-0.2, -0.15) is 4.98 Å². The number of hydrogen-bond acceptors (Lipinski definition) is 7. The zero-order valence-electron chi connectivity index (χ0n) is 13.7. The lowest BCUT2D eigenvalue weighted by atomic mass is 10.1. The first-order valence-corrected chi connectivity index (χ1v) is 7.95. The number of aromatic nitrogens is 4. The average molecular weight is 313 g/mol. The molecule has 0 amide bonds. The van der Waals surface area contributed by atoms with Crippen LogP contribution in [0.3, 0.4) is 0 Å². The lowest BCUT2D eigenvalue weighted by Gasteiger charge is -2.33. The molecule has 1 fully saturated rings. The molecule has 1 aliphatic rings. The van der Waals surface area contributed by atoms with Gasteiger partial charge in [-0.3, -0.25) is 14.9 Å². The Balaban J connectivity index is 1.59. The van der Waals surface area contributed by atoms with E-state index < -0.39 is 0 Å². The van der Waals surface area contributed by atoms with Gasteiger partial charge < -0.3 is 10.2 Å². The molecule has 0 spiro atoms. The van der Waals surface area contributed by atoms with Crippen LogP contribution >= 0.6 is 0 Å². The number of nitrogens with one attached hydrogen (secondary N) is 1. The number of rotatable bonds is 5. The summed E-state index contributed by atoms with van der Waals surface area (Å²) in [6, 6.07) is 2.32. The summed E-state index contributed by atoms with van der Waals surface area (Å²) < 4.78 is 0. The molecule has 1 aliphatic heterocycles. The smallest absolute Gasteiger partial charge is 0.226 e. The van der Waals surface area contributed by atoms with Crippen molar-refractivity contribution in [1.29, 1.82) is 0 Å². The highest BCUT2D eigenvalue weighted by molar-refractivity contribution is 5.41. The monoisotopic (exact) mass is 313 g/mol. The van der Waals surface area contributed by atoms with Gasteiger partial charge in [0.15, 0.2) is 0 Å². The van der Waals surface area contributed by atoms with Crippen LogP contribution in [0.4, 0.5) is 11.8 Å². The van der Waals surface area contributed by atoms with E-state index in [1.807, 2.05) is 31.3 Å². The van der Waals surface area contributed by atoms with Gasteiger partial charge in [-0.1, -0.05) is 0 Å². The van der Waals surface area contributed by atoms with E-state index in [2.05, 4.69) is 30.2 Å². The predicted octanol–water partition coefficient (Wildman–Crippen LogP) is 1.41. The second-order valence-corrected chi connectivity index (χ2v) is 6.05. The van der Waals surface area contributed by atoms with Crippen LogP contribution in [0.1, 0.15) is 18.5 Å². The lowest BCUT2D eigenvalue weighted by Crippen LogP contribution is -2.41. The molecule has 0 radical (unpaired) electrons. The van der Waals surface area contributed by atoms with E-state index in [0.717, 1.165) is 43.5 Å². The van der Waals surface area contributed by atoms with Gasteiger partial charge in [0.2, 0.25) is 5.95 Å². The van der Waals surface area contributed by atoms with E-state index in [-0.39, 0.29) is 0 Å². The summed E-state index contributed by atoms with van der Waals surface area (Å²) in [4.78, 5) is 21.6. The van der Waals surface area contributed by atoms with Gasteiger partial charge in [-0.15, -0.1) is 0 Å². The molecule has 2 aromatic rings. The fourth-order valence-electron chi connectivity index (χ4n) is 2.81. The molecular weight excluding hydrogens is 290 g/mol. The number of nitrogens with zero attached hydrogens (tertiary/aromatic N) is 6. The Morgan fingerprint density at radius 1 is 1.26 bits per heavy atom. The minimum absolute atomic E-state index is 0.394. The van der Waals surface area contributed by atoms with Crippen LogP contribution in [0.15, 0.2) is 30.9 Å². The lowest BCUT2D eigenvalue weighted by molar-refractivity contribution is 0.206. The van der Waals surface area contributed by atoms with Crippen molar-refractivity contribution in [2.75, 3.05) is 37.4 Å².